The Labute approximate surface area is 745 Å². The molecule has 606 valence electrons. The van der Waals surface area contributed by atoms with Crippen molar-refractivity contribution in [1.82, 2.24) is 29.9 Å². The fourth-order valence-corrected chi connectivity index (χ4v) is 17.3. The molecule has 0 unspecified atom stereocenters. The van der Waals surface area contributed by atoms with Crippen LogP contribution in [0.1, 0.15) is 0 Å². The highest BCUT2D eigenvalue weighted by atomic mass is 16.3. The van der Waals surface area contributed by atoms with Crippen LogP contribution in [0, 0.1) is 0 Å². The van der Waals surface area contributed by atoms with E-state index in [1.54, 1.807) is 0 Å². The second-order valence-electron chi connectivity index (χ2n) is 31.9. The molecular formula is C120H78N6O3. The van der Waals surface area contributed by atoms with Gasteiger partial charge in [0.15, 0.2) is 17.5 Å². The highest BCUT2D eigenvalue weighted by molar-refractivity contribution is 6.13. The van der Waals surface area contributed by atoms with Crippen molar-refractivity contribution in [2.45, 2.75) is 0 Å². The third-order valence-corrected chi connectivity index (χ3v) is 23.8. The predicted octanol–water partition coefficient (Wildman–Crippen LogP) is 32.1. The summed E-state index contributed by atoms with van der Waals surface area (Å²) in [6, 6.07) is 164. The van der Waals surface area contributed by atoms with Gasteiger partial charge in [0.2, 0.25) is 17.1 Å². The molecule has 9 heteroatoms. The summed E-state index contributed by atoms with van der Waals surface area (Å²) in [6.45, 7) is 0. The lowest BCUT2D eigenvalue weighted by atomic mass is 9.98. The predicted molar refractivity (Wildman–Crippen MR) is 529 cm³/mol. The number of fused-ring (bicyclic) bond motifs is 9. The number of para-hydroxylation sites is 3. The van der Waals surface area contributed by atoms with E-state index < -0.39 is 0 Å². The second-order valence-corrected chi connectivity index (χ2v) is 31.9. The summed E-state index contributed by atoms with van der Waals surface area (Å²) in [7, 11) is 0. The lowest BCUT2D eigenvalue weighted by molar-refractivity contribution is 0.653. The number of nitrogens with zero attached hydrogens (tertiary/aromatic N) is 6. The molecule has 0 aliphatic rings. The standard InChI is InChI=1S/3C40H26N2O/c1-3-11-27(12-4-1)29-21-23-30(24-22-29)32-16-10-18-34(26-32)39-41-38(37-35-19-7-8-20-36(35)43-40(37)42-39)33-17-9-15-31(25-33)28-13-5-2-6-14-28;1-3-11-27(12-4-1)31-15-9-16-32(25-31)29-21-23-30(24-22-29)39-41-38(37-35-19-7-8-20-36(35)43-40(37)42-39)34-18-10-17-33(26-34)28-13-5-2-6-14-28;1-3-10-27(11-4-1)29-18-20-30(21-19-29)31-22-24-32(25-23-31)39-41-38(37-35-16-7-8-17-36(35)43-40(37)42-39)34-15-9-14-33(26-34)28-12-5-2-6-13-28/h3*1-26H. The summed E-state index contributed by atoms with van der Waals surface area (Å²) < 4.78 is 18.9. The lowest BCUT2D eigenvalue weighted by Gasteiger charge is -2.10. The Morgan fingerprint density at radius 3 is 0.558 bits per heavy atom. The average Bonchev–Trinajstić information content (AvgIpc) is 1.63. The molecule has 0 radical (unpaired) electrons. The number of aromatic nitrogens is 6. The van der Waals surface area contributed by atoms with Gasteiger partial charge < -0.3 is 13.3 Å². The normalized spacial score (nSPS) is 11.3. The summed E-state index contributed by atoms with van der Waals surface area (Å²) in [5.74, 6) is 1.91. The Bertz CT molecular complexity index is 8170. The van der Waals surface area contributed by atoms with Crippen molar-refractivity contribution in [3.8, 4) is 168 Å². The quantitative estimate of drug-likeness (QED) is 0.0989. The van der Waals surface area contributed by atoms with Gasteiger partial charge in [0.25, 0.3) is 0 Å². The summed E-state index contributed by atoms with van der Waals surface area (Å²) in [6.07, 6.45) is 0. The van der Waals surface area contributed by atoms with Gasteiger partial charge in [-0.2, -0.15) is 15.0 Å². The van der Waals surface area contributed by atoms with Gasteiger partial charge in [0, 0.05) is 49.5 Å². The lowest BCUT2D eigenvalue weighted by Crippen LogP contribution is -1.94. The third kappa shape index (κ3) is 16.0. The Morgan fingerprint density at radius 2 is 0.295 bits per heavy atom. The Balaban J connectivity index is 0.000000114. The van der Waals surface area contributed by atoms with Crippen LogP contribution < -0.4 is 0 Å². The van der Waals surface area contributed by atoms with Crippen molar-refractivity contribution in [3.63, 3.8) is 0 Å². The number of hydrogen-bond acceptors (Lipinski definition) is 9. The molecule has 24 aromatic rings. The second kappa shape index (κ2) is 34.7. The van der Waals surface area contributed by atoms with Gasteiger partial charge in [-0.15, -0.1) is 0 Å². The van der Waals surface area contributed by atoms with Gasteiger partial charge >= 0.3 is 0 Å². The average molecular weight is 1650 g/mol. The maximum absolute atomic E-state index is 6.31. The number of hydrogen-bond donors (Lipinski definition) is 0. The fourth-order valence-electron chi connectivity index (χ4n) is 17.3. The molecule has 0 saturated carbocycles. The van der Waals surface area contributed by atoms with E-state index in [-0.39, 0.29) is 0 Å². The van der Waals surface area contributed by atoms with Crippen molar-refractivity contribution >= 4 is 66.2 Å². The Morgan fingerprint density at radius 1 is 0.124 bits per heavy atom. The fraction of sp³-hybridized carbons (Fsp3) is 0. The first kappa shape index (κ1) is 77.6. The van der Waals surface area contributed by atoms with Crippen LogP contribution in [-0.4, -0.2) is 29.9 Å². The van der Waals surface area contributed by atoms with Gasteiger partial charge in [-0.3, -0.25) is 0 Å². The van der Waals surface area contributed by atoms with Crippen molar-refractivity contribution in [1.29, 1.82) is 0 Å². The molecule has 0 saturated heterocycles. The third-order valence-electron chi connectivity index (χ3n) is 23.8. The number of rotatable bonds is 15. The summed E-state index contributed by atoms with van der Waals surface area (Å²) in [4.78, 5) is 30.4. The van der Waals surface area contributed by atoms with Crippen LogP contribution in [-0.2, 0) is 0 Å². The zero-order valence-electron chi connectivity index (χ0n) is 69.9. The van der Waals surface area contributed by atoms with Crippen LogP contribution in [0.25, 0.3) is 234 Å². The molecule has 0 N–H and O–H groups in total. The SMILES string of the molecule is c1ccc(-c2ccc(-c3ccc(-c4nc(-c5cccc(-c6ccccc6)c5)c5c(n4)oc4ccccc45)cc3)cc2)cc1.c1ccc(-c2ccc(-c3cccc(-c4nc(-c5cccc(-c6ccccc6)c5)c5c(n4)oc4ccccc45)c3)cc2)cc1.c1ccc(-c2cccc(-c3ccc(-c4nc(-c5cccc(-c6ccccc6)c5)c5c(n4)oc4ccccc45)cc3)c2)cc1. The van der Waals surface area contributed by atoms with Gasteiger partial charge in [-0.25, -0.2) is 15.0 Å². The molecule has 0 aliphatic carbocycles. The minimum absolute atomic E-state index is 0.587. The number of benzene rings is 18. The van der Waals surface area contributed by atoms with Crippen molar-refractivity contribution in [2.75, 3.05) is 0 Å². The highest BCUT2D eigenvalue weighted by Crippen LogP contribution is 2.44. The largest absolute Gasteiger partial charge is 0.438 e. The van der Waals surface area contributed by atoms with Crippen LogP contribution in [0.15, 0.2) is 486 Å². The molecule has 18 aromatic carbocycles. The molecule has 0 fully saturated rings. The minimum atomic E-state index is 0.587. The van der Waals surface area contributed by atoms with E-state index in [4.69, 9.17) is 43.2 Å². The molecular weight excluding hydrogens is 1570 g/mol. The van der Waals surface area contributed by atoms with Crippen LogP contribution in [0.2, 0.25) is 0 Å². The maximum atomic E-state index is 6.31. The van der Waals surface area contributed by atoms with Crippen LogP contribution in [0.4, 0.5) is 0 Å². The minimum Gasteiger partial charge on any atom is -0.438 e. The molecule has 0 atom stereocenters. The van der Waals surface area contributed by atoms with Crippen molar-refractivity contribution in [2.24, 2.45) is 0 Å². The molecule has 0 bridgehead atoms. The summed E-state index contributed by atoms with van der Waals surface area (Å²) >= 11 is 0. The van der Waals surface area contributed by atoms with E-state index in [0.717, 1.165) is 144 Å². The molecule has 0 spiro atoms. The zero-order valence-corrected chi connectivity index (χ0v) is 69.9. The van der Waals surface area contributed by atoms with Crippen molar-refractivity contribution < 1.29 is 13.3 Å². The Hall–Kier alpha value is -17.4. The zero-order chi connectivity index (χ0) is 85.8. The van der Waals surface area contributed by atoms with Gasteiger partial charge in [-0.05, 0) is 149 Å². The maximum Gasteiger partial charge on any atom is 0.231 e. The first-order valence-electron chi connectivity index (χ1n) is 43.2. The first-order chi connectivity index (χ1) is 63.9. The van der Waals surface area contributed by atoms with Gasteiger partial charge in [0.05, 0.1) is 33.2 Å². The smallest absolute Gasteiger partial charge is 0.231 e. The van der Waals surface area contributed by atoms with Gasteiger partial charge in [0.1, 0.15) is 16.7 Å². The molecule has 0 aliphatic heterocycles. The number of furan rings is 3. The van der Waals surface area contributed by atoms with E-state index >= 15 is 0 Å². The monoisotopic (exact) mass is 1650 g/mol. The Kier molecular flexibility index (Phi) is 20.9. The van der Waals surface area contributed by atoms with E-state index in [1.807, 2.05) is 91.0 Å². The van der Waals surface area contributed by atoms with E-state index in [0.29, 0.717) is 34.6 Å². The molecule has 129 heavy (non-hydrogen) atoms. The van der Waals surface area contributed by atoms with E-state index in [9.17, 15) is 0 Å². The van der Waals surface area contributed by atoms with E-state index in [2.05, 4.69) is 382 Å². The molecule has 24 rings (SSSR count). The summed E-state index contributed by atoms with van der Waals surface area (Å²) in [5.41, 5.74) is 33.7. The van der Waals surface area contributed by atoms with Crippen LogP contribution >= 0.6 is 0 Å². The topological polar surface area (TPSA) is 117 Å². The molecule has 6 aromatic heterocycles. The molecule has 0 amide bonds. The van der Waals surface area contributed by atoms with Crippen molar-refractivity contribution in [3.05, 3.63) is 473 Å². The molecule has 6 heterocycles. The van der Waals surface area contributed by atoms with Crippen LogP contribution in [0.3, 0.4) is 0 Å². The van der Waals surface area contributed by atoms with Gasteiger partial charge in [-0.1, -0.05) is 425 Å². The first-order valence-corrected chi connectivity index (χ1v) is 43.2. The molecule has 9 nitrogen and oxygen atoms in total. The van der Waals surface area contributed by atoms with E-state index in [1.165, 1.54) is 55.6 Å². The highest BCUT2D eigenvalue weighted by Gasteiger charge is 2.24. The van der Waals surface area contributed by atoms with Crippen LogP contribution in [0.5, 0.6) is 0 Å². The summed E-state index contributed by atoms with van der Waals surface area (Å²) in [5, 5.41) is 5.82.